The van der Waals surface area contributed by atoms with Gasteiger partial charge >= 0.3 is 0 Å². The summed E-state index contributed by atoms with van der Waals surface area (Å²) < 4.78 is 0. The zero-order valence-corrected chi connectivity index (χ0v) is 20.4. The lowest BCUT2D eigenvalue weighted by atomic mass is 9.63. The first-order chi connectivity index (χ1) is 16.5. The van der Waals surface area contributed by atoms with Gasteiger partial charge in [-0.1, -0.05) is 105 Å². The lowest BCUT2D eigenvalue weighted by Crippen LogP contribution is -2.61. The molecule has 1 heterocycles. The van der Waals surface area contributed by atoms with Crippen LogP contribution >= 0.6 is 0 Å². The van der Waals surface area contributed by atoms with Crippen molar-refractivity contribution in [2.45, 2.75) is 52.0 Å². The largest absolute Gasteiger partial charge is 0.303 e. The van der Waals surface area contributed by atoms with Crippen molar-refractivity contribution in [3.8, 4) is 0 Å². The number of nitrogens with zero attached hydrogens (tertiary/aromatic N) is 2. The second kappa shape index (κ2) is 9.85. The third-order valence-electron chi connectivity index (χ3n) is 7.83. The number of aldehydes is 1. The summed E-state index contributed by atoms with van der Waals surface area (Å²) in [5.74, 6) is 0.444. The monoisotopic (exact) mass is 452 g/mol. The van der Waals surface area contributed by atoms with Gasteiger partial charge in [-0.2, -0.15) is 0 Å². The minimum absolute atomic E-state index is 0.0991. The summed E-state index contributed by atoms with van der Waals surface area (Å²) in [4.78, 5) is 17.7. The Balaban J connectivity index is 1.59. The Bertz CT molecular complexity index is 1070. The first kappa shape index (κ1) is 23.0. The highest BCUT2D eigenvalue weighted by Gasteiger charge is 2.50. The fourth-order valence-electron chi connectivity index (χ4n) is 6.40. The maximum atomic E-state index is 12.3. The molecule has 5 rings (SSSR count). The summed E-state index contributed by atoms with van der Waals surface area (Å²) in [6.45, 7) is 7.39. The van der Waals surface area contributed by atoms with E-state index in [9.17, 15) is 4.79 Å². The van der Waals surface area contributed by atoms with Gasteiger partial charge in [-0.15, -0.1) is 0 Å². The van der Waals surface area contributed by atoms with Crippen LogP contribution < -0.4 is 0 Å². The standard InChI is InChI=1S/C31H36N2O/c1-31(2)18-27(23-34)28-22-32(20-24-12-6-3-7-13-24)30(26-16-10-5-11-17-26)33(29(28)19-31)21-25-14-8-4-9-15-25/h3-17,23,27-30H,18-22H2,1-2H3. The molecule has 0 spiro atoms. The van der Waals surface area contributed by atoms with E-state index < -0.39 is 0 Å². The van der Waals surface area contributed by atoms with Gasteiger partial charge in [-0.05, 0) is 40.9 Å². The molecule has 0 N–H and O–H groups in total. The summed E-state index contributed by atoms with van der Waals surface area (Å²) in [6, 6.07) is 32.9. The molecule has 176 valence electrons. The maximum absolute atomic E-state index is 12.3. The summed E-state index contributed by atoms with van der Waals surface area (Å²) in [7, 11) is 0. The highest BCUT2D eigenvalue weighted by atomic mass is 16.1. The van der Waals surface area contributed by atoms with Crippen LogP contribution in [0.5, 0.6) is 0 Å². The number of hydrogen-bond donors (Lipinski definition) is 0. The summed E-state index contributed by atoms with van der Waals surface area (Å²) in [5.41, 5.74) is 4.14. The summed E-state index contributed by atoms with van der Waals surface area (Å²) in [5, 5.41) is 0. The van der Waals surface area contributed by atoms with E-state index in [-0.39, 0.29) is 17.5 Å². The van der Waals surface area contributed by atoms with E-state index in [0.717, 1.165) is 32.5 Å². The Morgan fingerprint density at radius 2 is 1.35 bits per heavy atom. The van der Waals surface area contributed by atoms with Crippen LogP contribution in [0.4, 0.5) is 0 Å². The van der Waals surface area contributed by atoms with Crippen LogP contribution in [0, 0.1) is 17.3 Å². The first-order valence-electron chi connectivity index (χ1n) is 12.6. The quantitative estimate of drug-likeness (QED) is 0.409. The van der Waals surface area contributed by atoms with Crippen molar-refractivity contribution in [3.63, 3.8) is 0 Å². The lowest BCUT2D eigenvalue weighted by Gasteiger charge is -2.58. The minimum Gasteiger partial charge on any atom is -0.303 e. The smallest absolute Gasteiger partial charge is 0.123 e. The number of rotatable bonds is 6. The van der Waals surface area contributed by atoms with Crippen LogP contribution in [0.15, 0.2) is 91.0 Å². The van der Waals surface area contributed by atoms with Crippen molar-refractivity contribution in [1.29, 1.82) is 0 Å². The molecular weight excluding hydrogens is 416 g/mol. The van der Waals surface area contributed by atoms with E-state index in [2.05, 4.69) is 115 Å². The predicted molar refractivity (Wildman–Crippen MR) is 138 cm³/mol. The second-order valence-corrected chi connectivity index (χ2v) is 11.0. The van der Waals surface area contributed by atoms with Gasteiger partial charge < -0.3 is 4.79 Å². The Kier molecular flexibility index (Phi) is 6.67. The van der Waals surface area contributed by atoms with Crippen molar-refractivity contribution < 1.29 is 4.79 Å². The van der Waals surface area contributed by atoms with Crippen LogP contribution in [0.25, 0.3) is 0 Å². The van der Waals surface area contributed by atoms with Gasteiger partial charge in [0, 0.05) is 31.6 Å². The van der Waals surface area contributed by atoms with Crippen LogP contribution in [0.1, 0.15) is 49.5 Å². The van der Waals surface area contributed by atoms with Crippen molar-refractivity contribution in [3.05, 3.63) is 108 Å². The zero-order chi connectivity index (χ0) is 23.5. The summed E-state index contributed by atoms with van der Waals surface area (Å²) in [6.07, 6.45) is 3.52. The number of hydrogen-bond acceptors (Lipinski definition) is 3. The summed E-state index contributed by atoms with van der Waals surface area (Å²) >= 11 is 0. The first-order valence-corrected chi connectivity index (χ1v) is 12.6. The van der Waals surface area contributed by atoms with E-state index in [1.165, 1.54) is 23.0 Å². The molecule has 0 aromatic heterocycles. The molecule has 3 nitrogen and oxygen atoms in total. The zero-order valence-electron chi connectivity index (χ0n) is 20.4. The van der Waals surface area contributed by atoms with Gasteiger partial charge in [0.05, 0.1) is 6.17 Å². The molecule has 4 atom stereocenters. The second-order valence-electron chi connectivity index (χ2n) is 11.0. The van der Waals surface area contributed by atoms with E-state index in [1.54, 1.807) is 0 Å². The fraction of sp³-hybridized carbons (Fsp3) is 0.387. The number of carbonyl (C=O) groups is 1. The molecular formula is C31H36N2O. The van der Waals surface area contributed by atoms with Crippen molar-refractivity contribution >= 4 is 6.29 Å². The third-order valence-corrected chi connectivity index (χ3v) is 7.83. The molecule has 2 aliphatic rings. The van der Waals surface area contributed by atoms with E-state index in [0.29, 0.717) is 12.0 Å². The van der Waals surface area contributed by atoms with Gasteiger partial charge in [-0.25, -0.2) is 0 Å². The minimum atomic E-state index is 0.0991. The highest BCUT2D eigenvalue weighted by Crippen LogP contribution is 2.49. The molecule has 0 bridgehead atoms. The molecule has 2 fully saturated rings. The average Bonchev–Trinajstić information content (AvgIpc) is 2.85. The van der Waals surface area contributed by atoms with E-state index >= 15 is 0 Å². The van der Waals surface area contributed by atoms with E-state index in [4.69, 9.17) is 0 Å². The fourth-order valence-corrected chi connectivity index (χ4v) is 6.40. The molecule has 1 saturated heterocycles. The number of benzene rings is 3. The molecule has 1 aliphatic carbocycles. The predicted octanol–water partition coefficient (Wildman–Crippen LogP) is 6.32. The van der Waals surface area contributed by atoms with Crippen molar-refractivity contribution in [2.24, 2.45) is 17.3 Å². The van der Waals surface area contributed by atoms with Gasteiger partial charge in [-0.3, -0.25) is 9.80 Å². The van der Waals surface area contributed by atoms with Gasteiger partial charge in [0.1, 0.15) is 6.29 Å². The van der Waals surface area contributed by atoms with Gasteiger partial charge in [0.25, 0.3) is 0 Å². The van der Waals surface area contributed by atoms with Crippen LogP contribution in [0.3, 0.4) is 0 Å². The Morgan fingerprint density at radius 1 is 0.794 bits per heavy atom. The Labute approximate surface area is 204 Å². The molecule has 1 aliphatic heterocycles. The van der Waals surface area contributed by atoms with Crippen LogP contribution in [0.2, 0.25) is 0 Å². The molecule has 3 heteroatoms. The molecule has 4 unspecified atom stereocenters. The maximum Gasteiger partial charge on any atom is 0.123 e. The molecule has 0 radical (unpaired) electrons. The Hall–Kier alpha value is -2.75. The van der Waals surface area contributed by atoms with Gasteiger partial charge in [0.2, 0.25) is 0 Å². The van der Waals surface area contributed by atoms with Crippen molar-refractivity contribution in [2.75, 3.05) is 6.54 Å². The SMILES string of the molecule is CC1(C)CC(C=O)C2CN(Cc3ccccc3)C(c3ccccc3)N(Cc3ccccc3)C2C1. The van der Waals surface area contributed by atoms with E-state index in [1.807, 2.05) is 0 Å². The van der Waals surface area contributed by atoms with Crippen LogP contribution in [-0.4, -0.2) is 28.7 Å². The number of fused-ring (bicyclic) bond motifs is 1. The average molecular weight is 453 g/mol. The van der Waals surface area contributed by atoms with Gasteiger partial charge in [0.15, 0.2) is 0 Å². The molecule has 3 aromatic carbocycles. The third kappa shape index (κ3) is 4.87. The normalized spacial score (nSPS) is 27.1. The molecule has 3 aromatic rings. The van der Waals surface area contributed by atoms with Crippen molar-refractivity contribution in [1.82, 2.24) is 9.80 Å². The lowest BCUT2D eigenvalue weighted by molar-refractivity contribution is -0.139. The Morgan fingerprint density at radius 3 is 1.94 bits per heavy atom. The topological polar surface area (TPSA) is 23.6 Å². The highest BCUT2D eigenvalue weighted by molar-refractivity contribution is 5.55. The number of carbonyl (C=O) groups excluding carboxylic acids is 1. The molecule has 1 saturated carbocycles. The molecule has 34 heavy (non-hydrogen) atoms. The van der Waals surface area contributed by atoms with Crippen LogP contribution in [-0.2, 0) is 17.9 Å². The molecule has 0 amide bonds.